The second kappa shape index (κ2) is 38.4. The predicted octanol–water partition coefficient (Wildman–Crippen LogP) is 7.31. The molecule has 0 aromatic heterocycles. The van der Waals surface area contributed by atoms with E-state index in [-0.39, 0.29) is 103 Å². The van der Waals surface area contributed by atoms with E-state index in [0.717, 1.165) is 39.8 Å². The van der Waals surface area contributed by atoms with Gasteiger partial charge in [-0.2, -0.15) is 5.11 Å². The molecule has 6 rings (SSSR count). The molecule has 7 N–H and O–H groups in total. The van der Waals surface area contributed by atoms with Crippen molar-refractivity contribution in [1.29, 1.82) is 0 Å². The molecule has 0 spiro atoms. The number of carbonyl (C=O) groups is 6. The first-order valence-corrected chi connectivity index (χ1v) is 35.7. The second-order valence-electron chi connectivity index (χ2n) is 24.7. The van der Waals surface area contributed by atoms with Crippen LogP contribution in [-0.4, -0.2) is 197 Å². The summed E-state index contributed by atoms with van der Waals surface area (Å²) in [5, 5.41) is 60.1. The smallest absolute Gasteiger partial charge is 0.306 e. The van der Waals surface area contributed by atoms with Crippen LogP contribution in [0.1, 0.15) is 139 Å². The number of rotatable bonds is 39. The third kappa shape index (κ3) is 22.6. The van der Waals surface area contributed by atoms with Crippen LogP contribution in [0.15, 0.2) is 89.2 Å². The van der Waals surface area contributed by atoms with Gasteiger partial charge in [-0.15, -0.1) is 0 Å². The fraction of sp³-hybridized carbons (Fsp3) is 0.612. The first-order chi connectivity index (χ1) is 45.4. The van der Waals surface area contributed by atoms with Crippen molar-refractivity contribution in [1.82, 2.24) is 21.0 Å². The fourth-order valence-corrected chi connectivity index (χ4v) is 15.5. The van der Waals surface area contributed by atoms with Gasteiger partial charge in [0.2, 0.25) is 23.3 Å². The zero-order valence-corrected chi connectivity index (χ0v) is 58.5. The molecule has 2 aliphatic heterocycles. The van der Waals surface area contributed by atoms with E-state index >= 15 is 4.79 Å². The van der Waals surface area contributed by atoms with Gasteiger partial charge in [-0.1, -0.05) is 150 Å². The molecule has 3 aromatic rings. The Bertz CT molecular complexity index is 3090. The van der Waals surface area contributed by atoms with Crippen molar-refractivity contribution in [3.63, 3.8) is 0 Å². The number of carbonyl (C=O) groups excluding carboxylic acids is 6. The van der Waals surface area contributed by atoms with E-state index in [4.69, 9.17) is 57.1 Å². The van der Waals surface area contributed by atoms with Gasteiger partial charge < -0.3 is 74.4 Å². The summed E-state index contributed by atoms with van der Waals surface area (Å²) in [6, 6.07) is 22.8. The molecule has 0 radical (unpaired) electrons. The van der Waals surface area contributed by atoms with E-state index in [1.165, 1.54) is 6.92 Å². The average Bonchev–Trinajstić information content (AvgIpc) is 1.74. The van der Waals surface area contributed by atoms with Crippen LogP contribution in [0.2, 0.25) is 0 Å². The highest BCUT2D eigenvalue weighted by atomic mass is 33.1. The minimum absolute atomic E-state index is 0.000343. The maximum Gasteiger partial charge on any atom is 0.306 e. The minimum Gasteiger partial charge on any atom is -0.465 e. The molecule has 3 amide bonds. The number of thiocarbonyl (C=S) groups is 1. The number of hydrogen-bond acceptors (Lipinski definition) is 24. The predicted molar refractivity (Wildman–Crippen MR) is 364 cm³/mol. The van der Waals surface area contributed by atoms with Crippen molar-refractivity contribution in [2.75, 3.05) is 90.6 Å². The number of aliphatic hydroxyl groups is 4. The molecule has 522 valence electrons. The highest BCUT2D eigenvalue weighted by Crippen LogP contribution is 2.54. The largest absolute Gasteiger partial charge is 0.465 e. The molecule has 7 unspecified atom stereocenters. The van der Waals surface area contributed by atoms with Crippen LogP contribution in [-0.2, 0) is 68.3 Å². The molecule has 2 heterocycles. The van der Waals surface area contributed by atoms with Crippen LogP contribution >= 0.6 is 45.6 Å². The summed E-state index contributed by atoms with van der Waals surface area (Å²) in [6.07, 6.45) is -4.79. The van der Waals surface area contributed by atoms with Crippen LogP contribution in [0, 0.1) is 17.4 Å². The summed E-state index contributed by atoms with van der Waals surface area (Å²) < 4.78 is 39.4. The van der Waals surface area contributed by atoms with Crippen LogP contribution in [0.4, 0.5) is 0 Å². The quantitative estimate of drug-likeness (QED) is 0.00735. The summed E-state index contributed by atoms with van der Waals surface area (Å²) in [7, 11) is 3.25. The number of hydrogen-bond donors (Lipinski definition) is 7. The SMILES string of the molecule is [C-]#[N+]C(C)(CCC(=O)OCCN1N=NC2c3ccccc3C(OC(=O)CCCOCCSSCCOC(=O)CC)Cc3ccccc3C21)CC(C)(C(=O)NCCOCCO[C@@H]1O[C@H](CO)C(O)[C@H](O)[C@H]1NC(C)=O)C(C)(C)CC(C)(SC(=S)c1ccccc1)C(=O)NCCO. The molecular formula is C67H93N7O17S4. The van der Waals surface area contributed by atoms with E-state index in [1.807, 2.05) is 97.7 Å². The Balaban J connectivity index is 1.09. The third-order valence-electron chi connectivity index (χ3n) is 17.1. The summed E-state index contributed by atoms with van der Waals surface area (Å²) in [5.41, 5.74) is 0.392. The first-order valence-electron chi connectivity index (χ1n) is 32.0. The molecule has 3 aliphatic rings. The zero-order valence-electron chi connectivity index (χ0n) is 55.2. The molecule has 24 nitrogen and oxygen atoms in total. The number of fused-ring (bicyclic) bond motifs is 5. The van der Waals surface area contributed by atoms with E-state index in [0.29, 0.717) is 54.6 Å². The third-order valence-corrected chi connectivity index (χ3v) is 21.2. The number of aliphatic hydroxyl groups excluding tert-OH is 4. The Morgan fingerprint density at radius 3 is 2.12 bits per heavy atom. The summed E-state index contributed by atoms with van der Waals surface area (Å²) in [6.45, 7) is 20.8. The lowest BCUT2D eigenvalue weighted by Crippen LogP contribution is -2.64. The van der Waals surface area contributed by atoms with Gasteiger partial charge in [-0.25, -0.2) is 6.57 Å². The number of ether oxygens (including phenoxy) is 7. The molecule has 0 bridgehead atoms. The van der Waals surface area contributed by atoms with E-state index in [1.54, 1.807) is 49.3 Å². The van der Waals surface area contributed by atoms with Crippen molar-refractivity contribution in [2.24, 2.45) is 21.2 Å². The number of benzene rings is 3. The van der Waals surface area contributed by atoms with Crippen molar-refractivity contribution in [2.45, 2.75) is 159 Å². The molecule has 1 aliphatic carbocycles. The molecule has 95 heavy (non-hydrogen) atoms. The molecule has 0 saturated carbocycles. The molecule has 1 saturated heterocycles. The normalized spacial score (nSPS) is 21.7. The average molecular weight is 1400 g/mol. The first kappa shape index (κ1) is 78.2. The van der Waals surface area contributed by atoms with Crippen LogP contribution in [0.5, 0.6) is 0 Å². The summed E-state index contributed by atoms with van der Waals surface area (Å²) in [4.78, 5) is 84.0. The van der Waals surface area contributed by atoms with Gasteiger partial charge in [0, 0.05) is 77.2 Å². The van der Waals surface area contributed by atoms with Crippen molar-refractivity contribution < 1.29 is 82.4 Å². The van der Waals surface area contributed by atoms with Gasteiger partial charge in [0.25, 0.3) is 0 Å². The minimum atomic E-state index is -1.50. The van der Waals surface area contributed by atoms with Gasteiger partial charge >= 0.3 is 17.9 Å². The zero-order chi connectivity index (χ0) is 69.2. The van der Waals surface area contributed by atoms with E-state index in [2.05, 4.69) is 26.0 Å². The Hall–Kier alpha value is -5.81. The molecule has 1 fully saturated rings. The van der Waals surface area contributed by atoms with Gasteiger partial charge in [-0.3, -0.25) is 33.8 Å². The van der Waals surface area contributed by atoms with Crippen LogP contribution in [0.3, 0.4) is 0 Å². The van der Waals surface area contributed by atoms with E-state index in [9.17, 15) is 44.4 Å². The summed E-state index contributed by atoms with van der Waals surface area (Å²) >= 11 is 7.08. The lowest BCUT2D eigenvalue weighted by Gasteiger charge is -2.48. The molecular weight excluding hydrogens is 1300 g/mol. The number of nitrogens with zero attached hydrogens (tertiary/aromatic N) is 4. The maximum absolute atomic E-state index is 15.1. The maximum atomic E-state index is 15.1. The highest BCUT2D eigenvalue weighted by Gasteiger charge is 2.56. The lowest BCUT2D eigenvalue weighted by atomic mass is 9.57. The van der Waals surface area contributed by atoms with Crippen molar-refractivity contribution >= 4 is 85.4 Å². The fourth-order valence-electron chi connectivity index (χ4n) is 11.8. The van der Waals surface area contributed by atoms with Gasteiger partial charge in [0.15, 0.2) is 6.29 Å². The standard InChI is InChI=1S/C67H93N7O17S4/c1-9-52(78)88-37-39-94-93-38-36-85-31-17-24-54(80)90-50-40-46-20-13-14-21-47(46)57-55(49-23-16-15-22-48(49)50)72-73-74(57)29-33-87-53(79)25-26-65(5,68-8)43-66(6,64(3,4)42-67(7,63(84)69-27-30-75)95-61(92)45-18-11-10-12-19-45)62(83)70-28-32-86-34-35-89-60-56(71-44(2)77)59(82)58(81)51(41-76)91-60/h10-16,18-23,50-51,55-60,75-76,81-82H,9,17,24-43H2,1-7H3,(H,69,84)(H,70,83)(H,71,77)/t50?,51-,55?,56-,57?,58?,59-,60-,65?,66?,67?/m1/s1. The van der Waals surface area contributed by atoms with Crippen molar-refractivity contribution in [3.05, 3.63) is 118 Å². The van der Waals surface area contributed by atoms with Crippen LogP contribution in [0.25, 0.3) is 4.85 Å². The van der Waals surface area contributed by atoms with Crippen LogP contribution < -0.4 is 16.0 Å². The molecule has 3 aromatic carbocycles. The van der Waals surface area contributed by atoms with Crippen molar-refractivity contribution in [3.8, 4) is 0 Å². The Morgan fingerprint density at radius 2 is 1.42 bits per heavy atom. The van der Waals surface area contributed by atoms with Gasteiger partial charge in [-0.05, 0) is 59.9 Å². The molecule has 11 atom stereocenters. The number of thioether (sulfide) groups is 1. The Morgan fingerprint density at radius 1 is 0.758 bits per heavy atom. The second-order valence-corrected chi connectivity index (χ2v) is 29.6. The highest BCUT2D eigenvalue weighted by molar-refractivity contribution is 8.76. The number of nitrogens with one attached hydrogen (secondary N) is 3. The topological polar surface area (TPSA) is 316 Å². The molecule has 28 heteroatoms. The van der Waals surface area contributed by atoms with Gasteiger partial charge in [0.05, 0.1) is 67.0 Å². The Kier molecular flexibility index (Phi) is 31.6. The summed E-state index contributed by atoms with van der Waals surface area (Å²) in [5.74, 6) is -1.07. The Labute approximate surface area is 574 Å². The van der Waals surface area contributed by atoms with Gasteiger partial charge in [0.1, 0.15) is 55.8 Å². The van der Waals surface area contributed by atoms with E-state index < -0.39 is 94.2 Å². The monoisotopic (exact) mass is 1400 g/mol. The number of amides is 3. The number of esters is 3. The lowest BCUT2D eigenvalue weighted by molar-refractivity contribution is -0.272.